The molecule has 0 bridgehead atoms. The predicted molar refractivity (Wildman–Crippen MR) is 67.2 cm³/mol. The summed E-state index contributed by atoms with van der Waals surface area (Å²) >= 11 is 0. The molecule has 1 aromatic rings. The fraction of sp³-hybridized carbons (Fsp3) is 0.462. The van der Waals surface area contributed by atoms with Crippen LogP contribution in [0.4, 0.5) is 4.39 Å². The predicted octanol–water partition coefficient (Wildman–Crippen LogP) is 0.454. The first kappa shape index (κ1) is 15.4. The molecule has 0 spiro atoms. The Hall–Kier alpha value is -1.66. The Morgan fingerprint density at radius 2 is 1.89 bits per heavy atom. The molecule has 3 N–H and O–H groups in total. The average Bonchev–Trinajstić information content (AvgIpc) is 2.41. The number of carbonyl (C=O) groups is 1. The Labute approximate surface area is 111 Å². The molecule has 6 heteroatoms. The summed E-state index contributed by atoms with van der Waals surface area (Å²) in [6.07, 6.45) is 0.0764. The fourth-order valence-corrected chi connectivity index (χ4v) is 1.32. The number of aliphatic hydroxyl groups is 2. The third-order valence-corrected chi connectivity index (χ3v) is 2.55. The van der Waals surface area contributed by atoms with Crippen LogP contribution >= 0.6 is 0 Å². The quantitative estimate of drug-likeness (QED) is 0.673. The van der Waals surface area contributed by atoms with Gasteiger partial charge in [-0.1, -0.05) is 0 Å². The third kappa shape index (κ3) is 5.23. The van der Waals surface area contributed by atoms with Gasteiger partial charge in [0.2, 0.25) is 5.91 Å². The molecule has 5 nitrogen and oxygen atoms in total. The van der Waals surface area contributed by atoms with Crippen LogP contribution in [0.15, 0.2) is 24.3 Å². The number of nitrogens with one attached hydrogen (secondary N) is 1. The minimum absolute atomic E-state index is 0.0764. The van der Waals surface area contributed by atoms with Crippen LogP contribution in [0.3, 0.4) is 0 Å². The molecule has 0 aliphatic heterocycles. The standard InChI is InChI=1S/C13H18FNO4/c1-13(8-16,9-17)15-12(18)6-7-19-11-4-2-10(14)3-5-11/h2-5,16-17H,6-9H2,1H3,(H,15,18). The summed E-state index contributed by atoms with van der Waals surface area (Å²) in [6.45, 7) is 0.957. The zero-order chi connectivity index (χ0) is 14.3. The molecule has 1 rings (SSSR count). The van der Waals surface area contributed by atoms with Crippen LogP contribution in [0.1, 0.15) is 13.3 Å². The number of hydrogen-bond acceptors (Lipinski definition) is 4. The highest BCUT2D eigenvalue weighted by Gasteiger charge is 2.24. The second-order valence-electron chi connectivity index (χ2n) is 4.48. The second kappa shape index (κ2) is 7.06. The van der Waals surface area contributed by atoms with Crippen molar-refractivity contribution in [1.82, 2.24) is 5.32 Å². The molecular weight excluding hydrogens is 253 g/mol. The molecule has 0 unspecified atom stereocenters. The van der Waals surface area contributed by atoms with E-state index in [-0.39, 0.29) is 38.0 Å². The number of carbonyl (C=O) groups excluding carboxylic acids is 1. The van der Waals surface area contributed by atoms with E-state index in [2.05, 4.69) is 5.32 Å². The van der Waals surface area contributed by atoms with Gasteiger partial charge >= 0.3 is 0 Å². The number of benzene rings is 1. The van der Waals surface area contributed by atoms with E-state index in [1.165, 1.54) is 31.2 Å². The van der Waals surface area contributed by atoms with Crippen molar-refractivity contribution in [1.29, 1.82) is 0 Å². The monoisotopic (exact) mass is 271 g/mol. The van der Waals surface area contributed by atoms with Gasteiger partial charge in [-0.05, 0) is 31.2 Å². The molecule has 1 amide bonds. The molecule has 0 atom stereocenters. The fourth-order valence-electron chi connectivity index (χ4n) is 1.32. The summed E-state index contributed by atoms with van der Waals surface area (Å²) in [5.74, 6) is -0.222. The lowest BCUT2D eigenvalue weighted by Crippen LogP contribution is -2.51. The van der Waals surface area contributed by atoms with E-state index in [1.54, 1.807) is 0 Å². The van der Waals surface area contributed by atoms with Gasteiger partial charge in [-0.3, -0.25) is 4.79 Å². The zero-order valence-corrected chi connectivity index (χ0v) is 10.7. The molecule has 1 aromatic carbocycles. The van der Waals surface area contributed by atoms with Gasteiger partial charge in [0.15, 0.2) is 0 Å². The number of ether oxygens (including phenoxy) is 1. The van der Waals surface area contributed by atoms with Crippen LogP contribution in [0.25, 0.3) is 0 Å². The maximum Gasteiger partial charge on any atom is 0.224 e. The van der Waals surface area contributed by atoms with Crippen LogP contribution in [0.5, 0.6) is 5.75 Å². The Bertz CT molecular complexity index is 404. The Morgan fingerprint density at radius 3 is 2.42 bits per heavy atom. The molecular formula is C13H18FNO4. The molecule has 106 valence electrons. The maximum atomic E-state index is 12.6. The normalized spacial score (nSPS) is 11.2. The van der Waals surface area contributed by atoms with Gasteiger partial charge in [-0.15, -0.1) is 0 Å². The molecule has 0 saturated carbocycles. The summed E-state index contributed by atoms with van der Waals surface area (Å²) in [7, 11) is 0. The molecule has 0 saturated heterocycles. The van der Waals surface area contributed by atoms with E-state index in [1.807, 2.05) is 0 Å². The van der Waals surface area contributed by atoms with E-state index >= 15 is 0 Å². The largest absolute Gasteiger partial charge is 0.493 e. The topological polar surface area (TPSA) is 78.8 Å². The Kier molecular flexibility index (Phi) is 5.72. The van der Waals surface area contributed by atoms with Gasteiger partial charge in [-0.2, -0.15) is 0 Å². The highest BCUT2D eigenvalue weighted by atomic mass is 19.1. The summed E-state index contributed by atoms with van der Waals surface area (Å²) in [4.78, 5) is 11.5. The van der Waals surface area contributed by atoms with Crippen LogP contribution in [0, 0.1) is 5.82 Å². The molecule has 0 fully saturated rings. The van der Waals surface area contributed by atoms with Crippen molar-refractivity contribution >= 4 is 5.91 Å². The van der Waals surface area contributed by atoms with Crippen molar-refractivity contribution in [2.75, 3.05) is 19.8 Å². The molecule has 0 aliphatic rings. The van der Waals surface area contributed by atoms with Gasteiger partial charge in [0.05, 0.1) is 31.8 Å². The van der Waals surface area contributed by atoms with Crippen molar-refractivity contribution in [3.8, 4) is 5.75 Å². The van der Waals surface area contributed by atoms with E-state index in [0.29, 0.717) is 5.75 Å². The van der Waals surface area contributed by atoms with Crippen molar-refractivity contribution < 1.29 is 24.1 Å². The maximum absolute atomic E-state index is 12.6. The van der Waals surface area contributed by atoms with Gasteiger partial charge in [0.25, 0.3) is 0 Å². The first-order valence-electron chi connectivity index (χ1n) is 5.90. The van der Waals surface area contributed by atoms with Crippen LogP contribution < -0.4 is 10.1 Å². The first-order valence-corrected chi connectivity index (χ1v) is 5.90. The third-order valence-electron chi connectivity index (χ3n) is 2.55. The minimum atomic E-state index is -1.03. The SMILES string of the molecule is CC(CO)(CO)NC(=O)CCOc1ccc(F)cc1. The molecule has 0 radical (unpaired) electrons. The molecule has 0 aromatic heterocycles. The van der Waals surface area contributed by atoms with Crippen LogP contribution in [-0.2, 0) is 4.79 Å². The summed E-state index contributed by atoms with van der Waals surface area (Å²) in [6, 6.07) is 5.48. The number of rotatable bonds is 7. The van der Waals surface area contributed by atoms with E-state index in [4.69, 9.17) is 14.9 Å². The van der Waals surface area contributed by atoms with E-state index < -0.39 is 5.54 Å². The highest BCUT2D eigenvalue weighted by molar-refractivity contribution is 5.76. The lowest BCUT2D eigenvalue weighted by atomic mass is 10.1. The average molecular weight is 271 g/mol. The number of aliphatic hydroxyl groups excluding tert-OH is 2. The van der Waals surface area contributed by atoms with Crippen molar-refractivity contribution in [2.24, 2.45) is 0 Å². The lowest BCUT2D eigenvalue weighted by molar-refractivity contribution is -0.124. The lowest BCUT2D eigenvalue weighted by Gasteiger charge is -2.26. The summed E-state index contributed by atoms with van der Waals surface area (Å²) < 4.78 is 17.9. The number of hydrogen-bond donors (Lipinski definition) is 3. The minimum Gasteiger partial charge on any atom is -0.493 e. The van der Waals surface area contributed by atoms with Gasteiger partial charge in [0, 0.05) is 0 Å². The summed E-state index contributed by atoms with van der Waals surface area (Å²) in [5, 5.41) is 20.6. The molecule has 0 heterocycles. The van der Waals surface area contributed by atoms with Crippen molar-refractivity contribution in [2.45, 2.75) is 18.9 Å². The van der Waals surface area contributed by atoms with E-state index in [9.17, 15) is 9.18 Å². The van der Waals surface area contributed by atoms with Crippen molar-refractivity contribution in [3.63, 3.8) is 0 Å². The smallest absolute Gasteiger partial charge is 0.224 e. The number of amides is 1. The summed E-state index contributed by atoms with van der Waals surface area (Å²) in [5.41, 5.74) is -1.03. The zero-order valence-electron chi connectivity index (χ0n) is 10.7. The highest BCUT2D eigenvalue weighted by Crippen LogP contribution is 2.11. The Balaban J connectivity index is 2.33. The first-order chi connectivity index (χ1) is 8.99. The Morgan fingerprint density at radius 1 is 1.32 bits per heavy atom. The molecule has 0 aliphatic carbocycles. The van der Waals surface area contributed by atoms with Gasteiger partial charge in [-0.25, -0.2) is 4.39 Å². The molecule has 19 heavy (non-hydrogen) atoms. The second-order valence-corrected chi connectivity index (χ2v) is 4.48. The van der Waals surface area contributed by atoms with Gasteiger partial charge in [0.1, 0.15) is 11.6 Å². The van der Waals surface area contributed by atoms with Crippen molar-refractivity contribution in [3.05, 3.63) is 30.1 Å². The number of halogens is 1. The van der Waals surface area contributed by atoms with E-state index in [0.717, 1.165) is 0 Å². The van der Waals surface area contributed by atoms with Crippen LogP contribution in [-0.4, -0.2) is 41.5 Å². The van der Waals surface area contributed by atoms with Gasteiger partial charge < -0.3 is 20.3 Å². The van der Waals surface area contributed by atoms with Crippen LogP contribution in [0.2, 0.25) is 0 Å².